The van der Waals surface area contributed by atoms with Gasteiger partial charge in [-0.25, -0.2) is 18.7 Å². The van der Waals surface area contributed by atoms with E-state index in [9.17, 15) is 4.79 Å². The van der Waals surface area contributed by atoms with Crippen molar-refractivity contribution in [3.8, 4) is 11.4 Å². The van der Waals surface area contributed by atoms with Crippen LogP contribution in [0.5, 0.6) is 0 Å². The quantitative estimate of drug-likeness (QED) is 0.118. The zero-order valence-electron chi connectivity index (χ0n) is 35.9. The van der Waals surface area contributed by atoms with E-state index < -0.39 is 5.54 Å². The minimum Gasteiger partial charge on any atom is -0.329 e. The fourth-order valence-corrected chi connectivity index (χ4v) is 10.1. The Morgan fingerprint density at radius 2 is 1.10 bits per heavy atom. The summed E-state index contributed by atoms with van der Waals surface area (Å²) in [5.74, 6) is -0.539. The van der Waals surface area contributed by atoms with Crippen LogP contribution in [0, 0.1) is 25.5 Å². The largest absolute Gasteiger partial charge is 0.329 e. The smallest absolute Gasteiger partial charge is 0.210 e. The molecule has 5 heterocycles. The number of pyridine rings is 2. The summed E-state index contributed by atoms with van der Waals surface area (Å²) >= 11 is 0. The molecule has 62 heavy (non-hydrogen) atoms. The first-order valence-corrected chi connectivity index (χ1v) is 21.9. The molecule has 4 aromatic carbocycles. The summed E-state index contributed by atoms with van der Waals surface area (Å²) in [6.07, 6.45) is 8.84. The number of aromatic nitrogens is 4. The van der Waals surface area contributed by atoms with Gasteiger partial charge in [0, 0.05) is 89.5 Å². The van der Waals surface area contributed by atoms with E-state index in [1.165, 1.54) is 12.1 Å². The number of aryl methyl sites for hydroxylation is 2. The third-order valence-corrected chi connectivity index (χ3v) is 13.0. The molecule has 1 amide bonds. The lowest BCUT2D eigenvalue weighted by Gasteiger charge is -2.47. The zero-order valence-corrected chi connectivity index (χ0v) is 35.9. The van der Waals surface area contributed by atoms with Crippen LogP contribution in [0.25, 0.3) is 33.4 Å². The summed E-state index contributed by atoms with van der Waals surface area (Å²) in [6, 6.07) is 35.3. The first kappa shape index (κ1) is 40.9. The molecule has 0 spiro atoms. The van der Waals surface area contributed by atoms with Crippen LogP contribution < -0.4 is 5.32 Å². The van der Waals surface area contributed by atoms with Crippen molar-refractivity contribution in [2.24, 2.45) is 0 Å². The van der Waals surface area contributed by atoms with Crippen molar-refractivity contribution in [3.05, 3.63) is 189 Å². The third-order valence-electron chi connectivity index (χ3n) is 13.0. The Labute approximate surface area is 362 Å². The summed E-state index contributed by atoms with van der Waals surface area (Å²) in [5, 5.41) is 5.77. The molecule has 1 saturated heterocycles. The molecule has 4 aromatic heterocycles. The second-order valence-electron chi connectivity index (χ2n) is 16.6. The predicted octanol–water partition coefficient (Wildman–Crippen LogP) is 10.7. The Bertz CT molecular complexity index is 2730. The molecular weight excluding hydrogens is 775 g/mol. The Kier molecular flexibility index (Phi) is 11.3. The normalized spacial score (nSPS) is 13.9. The number of carbonyl (C=O) groups is 1. The van der Waals surface area contributed by atoms with Gasteiger partial charge in [0.25, 0.3) is 0 Å². The minimum absolute atomic E-state index is 0.270. The van der Waals surface area contributed by atoms with E-state index in [0.29, 0.717) is 43.6 Å². The van der Waals surface area contributed by atoms with Gasteiger partial charge >= 0.3 is 0 Å². The molecule has 0 saturated carbocycles. The molecule has 9 rings (SSSR count). The van der Waals surface area contributed by atoms with E-state index in [2.05, 4.69) is 64.7 Å². The van der Waals surface area contributed by atoms with Crippen LogP contribution in [0.2, 0.25) is 0 Å². The highest BCUT2D eigenvalue weighted by molar-refractivity contribution is 5.95. The van der Waals surface area contributed by atoms with E-state index in [4.69, 9.17) is 9.97 Å². The Morgan fingerprint density at radius 3 is 1.53 bits per heavy atom. The van der Waals surface area contributed by atoms with E-state index in [1.54, 1.807) is 12.1 Å². The number of fused-ring (bicyclic) bond motifs is 2. The lowest BCUT2D eigenvalue weighted by molar-refractivity contribution is -0.124. The van der Waals surface area contributed by atoms with Crippen molar-refractivity contribution in [1.29, 1.82) is 0 Å². The summed E-state index contributed by atoms with van der Waals surface area (Å²) < 4.78 is 35.8. The number of rotatable bonds is 13. The monoisotopic (exact) mass is 826 g/mol. The van der Waals surface area contributed by atoms with Gasteiger partial charge in [-0.3, -0.25) is 13.9 Å². The maximum absolute atomic E-state index is 15.6. The molecule has 1 fully saturated rings. The summed E-state index contributed by atoms with van der Waals surface area (Å²) in [7, 11) is 0. The van der Waals surface area contributed by atoms with Gasteiger partial charge in [-0.15, -0.1) is 0 Å². The van der Waals surface area contributed by atoms with Crippen LogP contribution in [0.1, 0.15) is 82.6 Å². The van der Waals surface area contributed by atoms with Gasteiger partial charge in [-0.2, -0.15) is 0 Å². The Balaban J connectivity index is 1.54. The fourth-order valence-electron chi connectivity index (χ4n) is 10.1. The van der Waals surface area contributed by atoms with Gasteiger partial charge < -0.3 is 10.2 Å². The zero-order chi connectivity index (χ0) is 43.0. The molecule has 0 aliphatic carbocycles. The van der Waals surface area contributed by atoms with Crippen LogP contribution in [0.4, 0.5) is 8.78 Å². The molecule has 0 radical (unpaired) electrons. The predicted molar refractivity (Wildman–Crippen MR) is 244 cm³/mol. The molecule has 1 aliphatic rings. The number of carbonyl (C=O) groups excluding carboxylic acids is 1. The Hall–Kier alpha value is -6.45. The molecule has 8 aromatic rings. The first-order valence-electron chi connectivity index (χ1n) is 21.9. The summed E-state index contributed by atoms with van der Waals surface area (Å²) in [6.45, 7) is 9.43. The van der Waals surface area contributed by atoms with Crippen molar-refractivity contribution in [2.75, 3.05) is 19.6 Å². The van der Waals surface area contributed by atoms with E-state index >= 15 is 8.78 Å². The number of hydrogen-bond acceptors (Lipinski definition) is 4. The maximum atomic E-state index is 15.6. The van der Waals surface area contributed by atoms with E-state index in [0.717, 1.165) is 110 Å². The van der Waals surface area contributed by atoms with Crippen molar-refractivity contribution < 1.29 is 13.6 Å². The van der Waals surface area contributed by atoms with Gasteiger partial charge in [0.05, 0.1) is 0 Å². The molecule has 7 nitrogen and oxygen atoms in total. The van der Waals surface area contributed by atoms with Crippen LogP contribution in [-0.2, 0) is 36.0 Å². The summed E-state index contributed by atoms with van der Waals surface area (Å²) in [5.41, 5.74) is 11.0. The molecule has 0 bridgehead atoms. The fraction of sp³-hybridized carbons (Fsp3) is 0.264. The van der Waals surface area contributed by atoms with Crippen molar-refractivity contribution >= 4 is 28.5 Å². The maximum Gasteiger partial charge on any atom is 0.210 e. The number of nitrogens with one attached hydrogen (secondary N) is 1. The lowest BCUT2D eigenvalue weighted by atomic mass is 9.74. The number of hydrogen-bond donors (Lipinski definition) is 1. The average molecular weight is 827 g/mol. The van der Waals surface area contributed by atoms with E-state index in [-0.39, 0.29) is 11.6 Å². The molecule has 0 unspecified atom stereocenters. The molecular formula is C53H52F2N6O. The molecule has 1 N–H and O–H groups in total. The highest BCUT2D eigenvalue weighted by Crippen LogP contribution is 2.51. The topological polar surface area (TPSA) is 68.0 Å². The molecule has 1 aliphatic heterocycles. The van der Waals surface area contributed by atoms with Crippen molar-refractivity contribution in [3.63, 3.8) is 0 Å². The number of halogens is 2. The van der Waals surface area contributed by atoms with Crippen molar-refractivity contribution in [1.82, 2.24) is 29.3 Å². The first-order chi connectivity index (χ1) is 30.3. The summed E-state index contributed by atoms with van der Waals surface area (Å²) in [4.78, 5) is 26.7. The van der Waals surface area contributed by atoms with Gasteiger partial charge in [-0.1, -0.05) is 87.4 Å². The van der Waals surface area contributed by atoms with Crippen molar-refractivity contribution in [2.45, 2.75) is 71.8 Å². The van der Waals surface area contributed by atoms with Gasteiger partial charge in [0.1, 0.15) is 28.5 Å². The van der Waals surface area contributed by atoms with Gasteiger partial charge in [-0.05, 0) is 109 Å². The number of benzene rings is 4. The van der Waals surface area contributed by atoms with Crippen LogP contribution in [-0.4, -0.2) is 50.0 Å². The Morgan fingerprint density at radius 1 is 0.629 bits per heavy atom. The minimum atomic E-state index is -1.17. The second-order valence-corrected chi connectivity index (χ2v) is 16.6. The van der Waals surface area contributed by atoms with E-state index in [1.807, 2.05) is 79.7 Å². The second kappa shape index (κ2) is 17.1. The average Bonchev–Trinajstić information content (AvgIpc) is 3.81. The molecule has 314 valence electrons. The third kappa shape index (κ3) is 6.79. The number of amides is 1. The van der Waals surface area contributed by atoms with Crippen LogP contribution >= 0.6 is 0 Å². The SMILES string of the molecule is CCCc1ccnc2c1c(C1(c3c(Cc4cccc(F)c4C)n(-c4ccccc4)c4nccc(CCC)c34)CNCCN1C=O)c(Cc1cccc(F)c1C)n2-c1ccccc1. The number of nitrogens with zero attached hydrogens (tertiary/aromatic N) is 5. The molecule has 0 atom stereocenters. The van der Waals surface area contributed by atoms with Gasteiger partial charge in [0.15, 0.2) is 0 Å². The van der Waals surface area contributed by atoms with Crippen LogP contribution in [0.3, 0.4) is 0 Å². The number of para-hydroxylation sites is 2. The molecule has 9 heteroatoms. The highest BCUT2D eigenvalue weighted by Gasteiger charge is 2.50. The van der Waals surface area contributed by atoms with Gasteiger partial charge in [0.2, 0.25) is 6.41 Å². The highest BCUT2D eigenvalue weighted by atomic mass is 19.1. The number of piperazine rings is 1. The standard InChI is InChI=1S/C53H52F2N6O/c1-5-15-37-25-27-57-51-47(37)49(45(60(51)41-19-9-7-10-20-41)31-39-17-13-23-43(54)35(39)3)53(33-56-29-30-59(53)34-62)50-46(32-40-18-14-24-44(55)36(40)4)61(42-21-11-8-12-22-42)52-48(50)38(16-6-2)26-28-58-52/h7-14,17-28,34,56H,5-6,15-16,29-33H2,1-4H3. The van der Waals surface area contributed by atoms with Crippen LogP contribution in [0.15, 0.2) is 122 Å². The lowest BCUT2D eigenvalue weighted by Crippen LogP contribution is -2.59.